The van der Waals surface area contributed by atoms with Gasteiger partial charge in [-0.2, -0.15) is 0 Å². The minimum absolute atomic E-state index is 0.0655. The average molecular weight is 431 g/mol. The van der Waals surface area contributed by atoms with Crippen LogP contribution in [0.25, 0.3) is 0 Å². The molecule has 1 aromatic rings. The molecule has 1 fully saturated rings. The smallest absolute Gasteiger partial charge is 0.410 e. The molecule has 140 valence electrons. The van der Waals surface area contributed by atoms with Gasteiger partial charge in [0.25, 0.3) is 0 Å². The first-order chi connectivity index (χ1) is 11.7. The van der Waals surface area contributed by atoms with Gasteiger partial charge in [-0.1, -0.05) is 29.3 Å². The molecule has 25 heavy (non-hydrogen) atoms. The van der Waals surface area contributed by atoms with E-state index in [2.05, 4.69) is 22.9 Å². The van der Waals surface area contributed by atoms with Crippen LogP contribution in [-0.2, 0) is 15.7 Å². The van der Waals surface area contributed by atoms with Gasteiger partial charge < -0.3 is 9.64 Å². The van der Waals surface area contributed by atoms with E-state index in [0.717, 1.165) is 22.2 Å². The number of hydrogen-bond acceptors (Lipinski definition) is 3. The number of halogens is 1. The van der Waals surface area contributed by atoms with E-state index in [1.165, 1.54) is 0 Å². The molecule has 0 bridgehead atoms. The van der Waals surface area contributed by atoms with Crippen molar-refractivity contribution in [3.05, 3.63) is 28.7 Å². The number of benzene rings is 1. The average Bonchev–Trinajstić information content (AvgIpc) is 2.53. The van der Waals surface area contributed by atoms with Crippen molar-refractivity contribution in [2.45, 2.75) is 57.1 Å². The zero-order valence-corrected chi connectivity index (χ0v) is 17.7. The third kappa shape index (κ3) is 5.79. The fourth-order valence-corrected chi connectivity index (χ4v) is 4.40. The molecule has 1 aliphatic rings. The Labute approximate surface area is 161 Å². The lowest BCUT2D eigenvalue weighted by atomic mass is 10.1. The van der Waals surface area contributed by atoms with Gasteiger partial charge in [0.1, 0.15) is 16.6 Å². The lowest BCUT2D eigenvalue weighted by molar-refractivity contribution is 0.0131. The van der Waals surface area contributed by atoms with Gasteiger partial charge in [0.05, 0.1) is 4.90 Å². The second-order valence-electron chi connectivity index (χ2n) is 7.21. The standard InChI is InChI=1S/C18H27BrN2O3S/c1-5-6-15-13-20(17(22)24-18(2,3)4)11-12-21(15)25(23)16-9-7-14(19)8-10-16/h7-10,15H,5-6,11-13H2,1-4H3. The summed E-state index contributed by atoms with van der Waals surface area (Å²) < 4.78 is 21.4. The van der Waals surface area contributed by atoms with E-state index in [9.17, 15) is 9.00 Å². The van der Waals surface area contributed by atoms with E-state index in [0.29, 0.717) is 19.6 Å². The second kappa shape index (κ2) is 8.64. The topological polar surface area (TPSA) is 49.9 Å². The van der Waals surface area contributed by atoms with E-state index in [1.54, 1.807) is 4.90 Å². The molecule has 1 aliphatic heterocycles. The molecule has 2 rings (SSSR count). The molecule has 1 heterocycles. The van der Waals surface area contributed by atoms with Crippen LogP contribution in [0.1, 0.15) is 40.5 Å². The van der Waals surface area contributed by atoms with Crippen LogP contribution in [0.5, 0.6) is 0 Å². The van der Waals surface area contributed by atoms with Gasteiger partial charge in [-0.25, -0.2) is 13.3 Å². The number of carbonyl (C=O) groups is 1. The van der Waals surface area contributed by atoms with Crippen LogP contribution in [0.15, 0.2) is 33.6 Å². The van der Waals surface area contributed by atoms with E-state index < -0.39 is 16.6 Å². The molecule has 0 spiro atoms. The van der Waals surface area contributed by atoms with Gasteiger partial charge in [0.15, 0.2) is 0 Å². The minimum Gasteiger partial charge on any atom is -0.444 e. The first-order valence-electron chi connectivity index (χ1n) is 8.63. The number of amides is 1. The molecular weight excluding hydrogens is 404 g/mol. The number of carbonyl (C=O) groups excluding carboxylic acids is 1. The summed E-state index contributed by atoms with van der Waals surface area (Å²) in [5.74, 6) is 0. The molecule has 1 saturated heterocycles. The number of hydrogen-bond donors (Lipinski definition) is 0. The van der Waals surface area contributed by atoms with Crippen molar-refractivity contribution < 1.29 is 13.7 Å². The molecule has 2 atom stereocenters. The zero-order chi connectivity index (χ0) is 18.6. The Morgan fingerprint density at radius 3 is 2.48 bits per heavy atom. The summed E-state index contributed by atoms with van der Waals surface area (Å²) in [4.78, 5) is 14.9. The second-order valence-corrected chi connectivity index (χ2v) is 9.57. The van der Waals surface area contributed by atoms with E-state index in [-0.39, 0.29) is 12.1 Å². The van der Waals surface area contributed by atoms with Gasteiger partial charge in [-0.05, 0) is 51.5 Å². The lowest BCUT2D eigenvalue weighted by Gasteiger charge is -2.40. The fourth-order valence-electron chi connectivity index (χ4n) is 2.80. The number of ether oxygens (including phenoxy) is 1. The molecule has 0 saturated carbocycles. The van der Waals surface area contributed by atoms with Crippen LogP contribution >= 0.6 is 15.9 Å². The van der Waals surface area contributed by atoms with Crippen LogP contribution in [-0.4, -0.2) is 50.8 Å². The quantitative estimate of drug-likeness (QED) is 0.718. The Morgan fingerprint density at radius 1 is 1.28 bits per heavy atom. The van der Waals surface area contributed by atoms with E-state index in [1.807, 2.05) is 49.3 Å². The number of rotatable bonds is 4. The molecule has 1 aromatic carbocycles. The minimum atomic E-state index is -1.22. The van der Waals surface area contributed by atoms with Crippen LogP contribution in [0.2, 0.25) is 0 Å². The molecule has 7 heteroatoms. The summed E-state index contributed by atoms with van der Waals surface area (Å²) in [6.45, 7) is 9.36. The van der Waals surface area contributed by atoms with Gasteiger partial charge in [0.2, 0.25) is 0 Å². The Bertz CT molecular complexity index is 616. The Balaban J connectivity index is 2.09. The summed E-state index contributed by atoms with van der Waals surface area (Å²) in [6, 6.07) is 7.63. The van der Waals surface area contributed by atoms with E-state index in [4.69, 9.17) is 4.74 Å². The van der Waals surface area contributed by atoms with Crippen LogP contribution in [0, 0.1) is 0 Å². The van der Waals surface area contributed by atoms with Crippen molar-refractivity contribution >= 4 is 33.0 Å². The molecule has 0 radical (unpaired) electrons. The summed E-state index contributed by atoms with van der Waals surface area (Å²) in [6.07, 6.45) is 1.57. The largest absolute Gasteiger partial charge is 0.444 e. The molecule has 5 nitrogen and oxygen atoms in total. The highest BCUT2D eigenvalue weighted by Crippen LogP contribution is 2.23. The third-order valence-corrected chi connectivity index (χ3v) is 6.04. The summed E-state index contributed by atoms with van der Waals surface area (Å²) in [7, 11) is -1.22. The van der Waals surface area contributed by atoms with Crippen molar-refractivity contribution in [3.8, 4) is 0 Å². The molecule has 1 amide bonds. The molecule has 0 aliphatic carbocycles. The summed E-state index contributed by atoms with van der Waals surface area (Å²) >= 11 is 3.40. The van der Waals surface area contributed by atoms with E-state index >= 15 is 0 Å². The SMILES string of the molecule is CCCC1CN(C(=O)OC(C)(C)C)CCN1S(=O)c1ccc(Br)cc1. The Kier molecular flexibility index (Phi) is 7.05. The normalized spacial score (nSPS) is 20.4. The predicted octanol–water partition coefficient (Wildman–Crippen LogP) is 4.19. The lowest BCUT2D eigenvalue weighted by Crippen LogP contribution is -2.55. The maximum atomic E-state index is 13.0. The molecule has 2 unspecified atom stereocenters. The first kappa shape index (κ1) is 20.4. The van der Waals surface area contributed by atoms with Crippen LogP contribution < -0.4 is 0 Å². The summed E-state index contributed by atoms with van der Waals surface area (Å²) in [5.41, 5.74) is -0.505. The number of nitrogens with zero attached hydrogens (tertiary/aromatic N) is 2. The highest BCUT2D eigenvalue weighted by molar-refractivity contribution is 9.10. The summed E-state index contributed by atoms with van der Waals surface area (Å²) in [5, 5.41) is 0. The van der Waals surface area contributed by atoms with Crippen molar-refractivity contribution in [3.63, 3.8) is 0 Å². The molecular formula is C18H27BrN2O3S. The van der Waals surface area contributed by atoms with Crippen molar-refractivity contribution in [2.24, 2.45) is 0 Å². The van der Waals surface area contributed by atoms with Gasteiger partial charge in [-0.3, -0.25) is 0 Å². The first-order valence-corrected chi connectivity index (χ1v) is 10.5. The Hall–Kier alpha value is -0.920. The third-order valence-electron chi connectivity index (χ3n) is 3.93. The van der Waals surface area contributed by atoms with Gasteiger partial charge in [-0.15, -0.1) is 0 Å². The highest BCUT2D eigenvalue weighted by Gasteiger charge is 2.34. The monoisotopic (exact) mass is 430 g/mol. The van der Waals surface area contributed by atoms with Crippen LogP contribution in [0.3, 0.4) is 0 Å². The van der Waals surface area contributed by atoms with Crippen molar-refractivity contribution in [2.75, 3.05) is 19.6 Å². The van der Waals surface area contributed by atoms with Gasteiger partial charge in [0, 0.05) is 30.1 Å². The highest BCUT2D eigenvalue weighted by atomic mass is 79.9. The van der Waals surface area contributed by atoms with Crippen molar-refractivity contribution in [1.82, 2.24) is 9.21 Å². The maximum Gasteiger partial charge on any atom is 0.410 e. The fraction of sp³-hybridized carbons (Fsp3) is 0.611. The Morgan fingerprint density at radius 2 is 1.92 bits per heavy atom. The van der Waals surface area contributed by atoms with Gasteiger partial charge >= 0.3 is 6.09 Å². The predicted molar refractivity (Wildman–Crippen MR) is 104 cm³/mol. The molecule has 0 aromatic heterocycles. The maximum absolute atomic E-state index is 13.0. The van der Waals surface area contributed by atoms with Crippen molar-refractivity contribution in [1.29, 1.82) is 0 Å². The molecule has 0 N–H and O–H groups in total. The zero-order valence-electron chi connectivity index (χ0n) is 15.3. The number of piperazine rings is 1. The van der Waals surface area contributed by atoms with Crippen LogP contribution in [0.4, 0.5) is 4.79 Å².